The molecular weight excluding hydrogens is 344 g/mol. The number of methoxy groups -OCH3 is 2. The smallest absolute Gasteiger partial charge is 0.204 e. The molecule has 0 aliphatic carbocycles. The minimum Gasteiger partial charge on any atom is -0.507 e. The lowest BCUT2D eigenvalue weighted by atomic mass is 10.0. The van der Waals surface area contributed by atoms with Gasteiger partial charge in [0.1, 0.15) is 34.5 Å². The van der Waals surface area contributed by atoms with Crippen molar-refractivity contribution in [1.82, 2.24) is 0 Å². The fourth-order valence-electron chi connectivity index (χ4n) is 2.94. The van der Waals surface area contributed by atoms with Gasteiger partial charge in [0.2, 0.25) is 5.43 Å². The summed E-state index contributed by atoms with van der Waals surface area (Å²) in [6.07, 6.45) is 3.83. The quantitative estimate of drug-likeness (QED) is 0.663. The molecule has 0 fully saturated rings. The molecule has 0 saturated carbocycles. The molecule has 27 heavy (non-hydrogen) atoms. The number of hydrogen-bond donors (Lipinski definition) is 1. The van der Waals surface area contributed by atoms with Crippen LogP contribution in [-0.4, -0.2) is 19.3 Å². The topological polar surface area (TPSA) is 68.9 Å². The van der Waals surface area contributed by atoms with E-state index in [0.717, 1.165) is 5.57 Å². The van der Waals surface area contributed by atoms with Gasteiger partial charge in [-0.05, 0) is 38.0 Å². The molecule has 5 nitrogen and oxygen atoms in total. The number of benzene rings is 2. The minimum absolute atomic E-state index is 0.106. The van der Waals surface area contributed by atoms with E-state index in [-0.39, 0.29) is 22.1 Å². The van der Waals surface area contributed by atoms with E-state index < -0.39 is 0 Å². The van der Waals surface area contributed by atoms with Crippen LogP contribution in [0, 0.1) is 0 Å². The Labute approximate surface area is 157 Å². The largest absolute Gasteiger partial charge is 0.507 e. The second kappa shape index (κ2) is 7.58. The molecule has 0 unspecified atom stereocenters. The van der Waals surface area contributed by atoms with Crippen LogP contribution in [0.1, 0.15) is 19.4 Å². The third-order valence-corrected chi connectivity index (χ3v) is 4.44. The summed E-state index contributed by atoms with van der Waals surface area (Å²) in [5.74, 6) is 1.07. The summed E-state index contributed by atoms with van der Waals surface area (Å²) in [6.45, 7) is 3.95. The summed E-state index contributed by atoms with van der Waals surface area (Å²) in [7, 11) is 3.11. The number of aromatic hydroxyl groups is 1. The highest BCUT2D eigenvalue weighted by atomic mass is 16.5. The Kier molecular flexibility index (Phi) is 5.21. The number of phenolic OH excluding ortho intramolecular Hbond substituents is 1. The van der Waals surface area contributed by atoms with Gasteiger partial charge in [0.05, 0.1) is 19.8 Å². The number of hydrogen-bond acceptors (Lipinski definition) is 5. The standard InChI is InChI=1S/C22H22O5/c1-13(2)5-10-16-18(26-4)11-19-20(21(16)23)22(24)17(12-27-19)14-6-8-15(25-3)9-7-14/h5-9,11-12,23H,10H2,1-4H3. The van der Waals surface area contributed by atoms with Gasteiger partial charge in [-0.1, -0.05) is 23.8 Å². The lowest BCUT2D eigenvalue weighted by molar-refractivity contribution is 0.401. The lowest BCUT2D eigenvalue weighted by Crippen LogP contribution is -2.07. The first-order valence-corrected chi connectivity index (χ1v) is 8.58. The first-order chi connectivity index (χ1) is 13.0. The van der Waals surface area contributed by atoms with Crippen LogP contribution >= 0.6 is 0 Å². The Bertz CT molecular complexity index is 1050. The fraction of sp³-hybridized carbons (Fsp3) is 0.227. The molecule has 5 heteroatoms. The molecule has 0 aliphatic rings. The highest BCUT2D eigenvalue weighted by Crippen LogP contribution is 2.36. The Morgan fingerprint density at radius 1 is 1.15 bits per heavy atom. The number of phenols is 1. The van der Waals surface area contributed by atoms with Crippen LogP contribution < -0.4 is 14.9 Å². The molecule has 3 aromatic rings. The predicted octanol–water partition coefficient (Wildman–Crippen LogP) is 4.69. The van der Waals surface area contributed by atoms with Gasteiger partial charge in [0.15, 0.2) is 0 Å². The molecule has 0 atom stereocenters. The molecule has 0 radical (unpaired) electrons. The maximum Gasteiger partial charge on any atom is 0.204 e. The average molecular weight is 366 g/mol. The minimum atomic E-state index is -0.292. The van der Waals surface area contributed by atoms with Gasteiger partial charge >= 0.3 is 0 Å². The number of ether oxygens (including phenoxy) is 2. The van der Waals surface area contributed by atoms with Gasteiger partial charge in [-0.3, -0.25) is 4.79 Å². The molecule has 0 bridgehead atoms. The third kappa shape index (κ3) is 3.53. The second-order valence-electron chi connectivity index (χ2n) is 6.47. The van der Waals surface area contributed by atoms with Crippen molar-refractivity contribution >= 4 is 11.0 Å². The van der Waals surface area contributed by atoms with E-state index in [1.807, 2.05) is 19.9 Å². The van der Waals surface area contributed by atoms with Gasteiger partial charge in [0, 0.05) is 11.6 Å². The molecule has 0 amide bonds. The lowest BCUT2D eigenvalue weighted by Gasteiger charge is -2.12. The van der Waals surface area contributed by atoms with Gasteiger partial charge in [-0.15, -0.1) is 0 Å². The first-order valence-electron chi connectivity index (χ1n) is 8.58. The highest BCUT2D eigenvalue weighted by Gasteiger charge is 2.19. The van der Waals surface area contributed by atoms with E-state index in [0.29, 0.717) is 34.6 Å². The SMILES string of the molecule is COc1ccc(-c2coc3cc(OC)c(CC=C(C)C)c(O)c3c2=O)cc1. The predicted molar refractivity (Wildman–Crippen MR) is 106 cm³/mol. The zero-order valence-electron chi connectivity index (χ0n) is 15.8. The van der Waals surface area contributed by atoms with Crippen LogP contribution in [0.25, 0.3) is 22.1 Å². The van der Waals surface area contributed by atoms with Crippen molar-refractivity contribution in [1.29, 1.82) is 0 Å². The van der Waals surface area contributed by atoms with Crippen LogP contribution in [0.2, 0.25) is 0 Å². The normalized spacial score (nSPS) is 10.7. The van der Waals surface area contributed by atoms with E-state index >= 15 is 0 Å². The van der Waals surface area contributed by atoms with Crippen LogP contribution in [0.4, 0.5) is 0 Å². The van der Waals surface area contributed by atoms with Crippen molar-refractivity contribution in [3.05, 3.63) is 64.0 Å². The third-order valence-electron chi connectivity index (χ3n) is 4.44. The van der Waals surface area contributed by atoms with Crippen LogP contribution in [0.3, 0.4) is 0 Å². The molecule has 1 aromatic heterocycles. The number of allylic oxidation sites excluding steroid dienone is 2. The molecule has 3 rings (SSSR count). The Morgan fingerprint density at radius 2 is 1.85 bits per heavy atom. The summed E-state index contributed by atoms with van der Waals surface area (Å²) < 4.78 is 16.2. The summed E-state index contributed by atoms with van der Waals surface area (Å²) >= 11 is 0. The van der Waals surface area contributed by atoms with Crippen LogP contribution in [0.5, 0.6) is 17.2 Å². The average Bonchev–Trinajstić information content (AvgIpc) is 2.67. The Morgan fingerprint density at radius 3 is 2.44 bits per heavy atom. The first kappa shape index (κ1) is 18.6. The van der Waals surface area contributed by atoms with Crippen LogP contribution in [-0.2, 0) is 6.42 Å². The van der Waals surface area contributed by atoms with Crippen molar-refractivity contribution in [3.63, 3.8) is 0 Å². The summed E-state index contributed by atoms with van der Waals surface area (Å²) in [6, 6.07) is 8.74. The van der Waals surface area contributed by atoms with E-state index in [1.165, 1.54) is 13.4 Å². The summed E-state index contributed by atoms with van der Waals surface area (Å²) in [4.78, 5) is 13.1. The molecular formula is C22H22O5. The van der Waals surface area contributed by atoms with Crippen molar-refractivity contribution in [2.75, 3.05) is 14.2 Å². The van der Waals surface area contributed by atoms with Gasteiger partial charge in [-0.25, -0.2) is 0 Å². The van der Waals surface area contributed by atoms with E-state index in [2.05, 4.69) is 0 Å². The maximum absolute atomic E-state index is 13.1. The Balaban J connectivity index is 2.23. The Hall–Kier alpha value is -3.21. The summed E-state index contributed by atoms with van der Waals surface area (Å²) in [5.41, 5.74) is 2.72. The van der Waals surface area contributed by atoms with Crippen molar-refractivity contribution in [2.45, 2.75) is 20.3 Å². The van der Waals surface area contributed by atoms with Crippen molar-refractivity contribution in [3.8, 4) is 28.4 Å². The van der Waals surface area contributed by atoms with Crippen molar-refractivity contribution in [2.24, 2.45) is 0 Å². The maximum atomic E-state index is 13.1. The van der Waals surface area contributed by atoms with E-state index in [1.54, 1.807) is 37.4 Å². The monoisotopic (exact) mass is 366 g/mol. The molecule has 140 valence electrons. The highest BCUT2D eigenvalue weighted by molar-refractivity contribution is 5.89. The van der Waals surface area contributed by atoms with Crippen molar-refractivity contribution < 1.29 is 19.0 Å². The zero-order valence-corrected chi connectivity index (χ0v) is 15.8. The van der Waals surface area contributed by atoms with Crippen LogP contribution in [0.15, 0.2) is 57.5 Å². The molecule has 1 N–H and O–H groups in total. The molecule has 0 aliphatic heterocycles. The van der Waals surface area contributed by atoms with Gasteiger partial charge in [-0.2, -0.15) is 0 Å². The molecule has 0 spiro atoms. The number of rotatable bonds is 5. The molecule has 2 aromatic carbocycles. The molecule has 1 heterocycles. The van der Waals surface area contributed by atoms with E-state index in [4.69, 9.17) is 13.9 Å². The zero-order chi connectivity index (χ0) is 19.6. The number of fused-ring (bicyclic) bond motifs is 1. The van der Waals surface area contributed by atoms with Gasteiger partial charge < -0.3 is 19.0 Å². The van der Waals surface area contributed by atoms with E-state index in [9.17, 15) is 9.90 Å². The summed E-state index contributed by atoms with van der Waals surface area (Å²) in [5, 5.41) is 11.0. The van der Waals surface area contributed by atoms with Gasteiger partial charge in [0.25, 0.3) is 0 Å². The second-order valence-corrected chi connectivity index (χ2v) is 6.47. The molecule has 0 saturated heterocycles. The fourth-order valence-corrected chi connectivity index (χ4v) is 2.94.